The number of carbonyl (C=O) groups is 1. The van der Waals surface area contributed by atoms with Crippen molar-refractivity contribution in [2.45, 2.75) is 18.9 Å². The van der Waals surface area contributed by atoms with Gasteiger partial charge in [0.25, 0.3) is 5.69 Å². The summed E-state index contributed by atoms with van der Waals surface area (Å²) in [4.78, 5) is 30.2. The number of nitrogens with one attached hydrogen (secondary N) is 1. The lowest BCUT2D eigenvalue weighted by molar-refractivity contribution is -0.384. The molecule has 0 spiro atoms. The molecular formula is C25H26N4O3S. The molecule has 0 aliphatic carbocycles. The van der Waals surface area contributed by atoms with Crippen LogP contribution in [-0.4, -0.2) is 43.1 Å². The SMILES string of the molecule is O=C(NCCc1cccs1)[C@H]1Cc2cc([N+](=O)[O-])ccc2N2CCN(c3ccccc3)C[C@H]12. The van der Waals surface area contributed by atoms with E-state index in [9.17, 15) is 14.9 Å². The van der Waals surface area contributed by atoms with Crippen LogP contribution >= 0.6 is 11.3 Å². The minimum atomic E-state index is -0.365. The molecule has 0 saturated carbocycles. The molecule has 0 bridgehead atoms. The number of rotatable bonds is 6. The van der Waals surface area contributed by atoms with Crippen molar-refractivity contribution in [1.29, 1.82) is 0 Å². The van der Waals surface area contributed by atoms with Gasteiger partial charge in [-0.1, -0.05) is 24.3 Å². The first kappa shape index (κ1) is 21.5. The Morgan fingerprint density at radius 2 is 1.97 bits per heavy atom. The van der Waals surface area contributed by atoms with E-state index < -0.39 is 0 Å². The topological polar surface area (TPSA) is 78.7 Å². The second kappa shape index (κ2) is 9.23. The Morgan fingerprint density at radius 1 is 1.12 bits per heavy atom. The fourth-order valence-corrected chi connectivity index (χ4v) is 5.70. The Kier molecular flexibility index (Phi) is 6.00. The predicted octanol–water partition coefficient (Wildman–Crippen LogP) is 3.88. The largest absolute Gasteiger partial charge is 0.368 e. The van der Waals surface area contributed by atoms with E-state index in [-0.39, 0.29) is 28.5 Å². The third kappa shape index (κ3) is 4.43. The van der Waals surface area contributed by atoms with Gasteiger partial charge in [-0.3, -0.25) is 14.9 Å². The molecule has 1 saturated heterocycles. The van der Waals surface area contributed by atoms with Crippen LogP contribution < -0.4 is 15.1 Å². The van der Waals surface area contributed by atoms with Gasteiger partial charge in [0, 0.05) is 54.6 Å². The molecule has 1 amide bonds. The van der Waals surface area contributed by atoms with Crippen LogP contribution in [0, 0.1) is 16.0 Å². The van der Waals surface area contributed by atoms with E-state index >= 15 is 0 Å². The lowest BCUT2D eigenvalue weighted by Gasteiger charge is -2.49. The minimum absolute atomic E-state index is 0.00894. The van der Waals surface area contributed by atoms with Gasteiger partial charge >= 0.3 is 0 Å². The van der Waals surface area contributed by atoms with Crippen LogP contribution in [0.5, 0.6) is 0 Å². The molecule has 1 aromatic heterocycles. The Bertz CT molecular complexity index is 1140. The Balaban J connectivity index is 1.40. The summed E-state index contributed by atoms with van der Waals surface area (Å²) >= 11 is 1.69. The number of nitro benzene ring substituents is 1. The van der Waals surface area contributed by atoms with Crippen molar-refractivity contribution in [2.75, 3.05) is 36.0 Å². The molecule has 2 aromatic carbocycles. The molecule has 3 aromatic rings. The average Bonchev–Trinajstić information content (AvgIpc) is 3.36. The standard InChI is InChI=1S/C25H26N4O3S/c30-25(26-11-10-21-7-4-14-33-21)22-16-18-15-20(29(31)32)8-9-23(18)28-13-12-27(17-24(22)28)19-5-2-1-3-6-19/h1-9,14-15,22,24H,10-13,16-17H2,(H,26,30)/t22-,24+/m0/s1. The Labute approximate surface area is 196 Å². The number of carbonyl (C=O) groups excluding carboxylic acids is 1. The van der Waals surface area contributed by atoms with Crippen molar-refractivity contribution < 1.29 is 9.72 Å². The van der Waals surface area contributed by atoms with Crippen LogP contribution in [0.15, 0.2) is 66.0 Å². The number of anilines is 2. The molecule has 170 valence electrons. The van der Waals surface area contributed by atoms with Gasteiger partial charge in [-0.25, -0.2) is 0 Å². The molecule has 2 aliphatic rings. The van der Waals surface area contributed by atoms with E-state index in [4.69, 9.17) is 0 Å². The van der Waals surface area contributed by atoms with Crippen molar-refractivity contribution >= 4 is 34.3 Å². The summed E-state index contributed by atoms with van der Waals surface area (Å²) in [5, 5.41) is 16.5. The molecule has 8 heteroatoms. The van der Waals surface area contributed by atoms with Crippen molar-refractivity contribution in [3.05, 3.63) is 86.6 Å². The summed E-state index contributed by atoms with van der Waals surface area (Å²) in [6.07, 6.45) is 1.31. The van der Waals surface area contributed by atoms with E-state index in [1.165, 1.54) is 4.88 Å². The lowest BCUT2D eigenvalue weighted by atomic mass is 9.83. The van der Waals surface area contributed by atoms with Crippen molar-refractivity contribution in [2.24, 2.45) is 5.92 Å². The number of fused-ring (bicyclic) bond motifs is 3. The Hall–Kier alpha value is -3.39. The van der Waals surface area contributed by atoms with Gasteiger partial charge < -0.3 is 15.1 Å². The summed E-state index contributed by atoms with van der Waals surface area (Å²) < 4.78 is 0. The summed E-state index contributed by atoms with van der Waals surface area (Å²) in [7, 11) is 0. The normalized spacial score (nSPS) is 19.5. The molecule has 33 heavy (non-hydrogen) atoms. The lowest BCUT2D eigenvalue weighted by Crippen LogP contribution is -2.61. The summed E-state index contributed by atoms with van der Waals surface area (Å²) in [6, 6.07) is 19.4. The number of hydrogen-bond acceptors (Lipinski definition) is 6. The number of amides is 1. The number of piperazine rings is 1. The molecule has 0 unspecified atom stereocenters. The molecule has 7 nitrogen and oxygen atoms in total. The van der Waals surface area contributed by atoms with E-state index in [1.807, 2.05) is 35.7 Å². The zero-order valence-electron chi connectivity index (χ0n) is 18.2. The van der Waals surface area contributed by atoms with Crippen LogP contribution in [0.3, 0.4) is 0 Å². The predicted molar refractivity (Wildman–Crippen MR) is 131 cm³/mol. The number of nitro groups is 1. The highest BCUT2D eigenvalue weighted by atomic mass is 32.1. The smallest absolute Gasteiger partial charge is 0.269 e. The summed E-state index contributed by atoms with van der Waals surface area (Å²) in [5.41, 5.74) is 3.13. The van der Waals surface area contributed by atoms with Gasteiger partial charge in [0.2, 0.25) is 5.91 Å². The fraction of sp³-hybridized carbons (Fsp3) is 0.320. The van der Waals surface area contributed by atoms with Crippen LogP contribution in [0.1, 0.15) is 10.4 Å². The van der Waals surface area contributed by atoms with Gasteiger partial charge in [-0.2, -0.15) is 0 Å². The Morgan fingerprint density at radius 3 is 2.73 bits per heavy atom. The average molecular weight is 463 g/mol. The number of non-ortho nitro benzene ring substituents is 1. The zero-order valence-corrected chi connectivity index (χ0v) is 19.0. The maximum atomic E-state index is 13.4. The maximum absolute atomic E-state index is 13.4. The van der Waals surface area contributed by atoms with Crippen molar-refractivity contribution in [3.63, 3.8) is 0 Å². The van der Waals surface area contributed by atoms with Crippen molar-refractivity contribution in [1.82, 2.24) is 5.32 Å². The number of para-hydroxylation sites is 1. The number of benzene rings is 2. The van der Waals surface area contributed by atoms with Gasteiger partial charge in [-0.05, 0) is 48.1 Å². The fourth-order valence-electron chi connectivity index (χ4n) is 4.99. The van der Waals surface area contributed by atoms with E-state index in [0.717, 1.165) is 43.0 Å². The quantitative estimate of drug-likeness (QED) is 0.444. The van der Waals surface area contributed by atoms with E-state index in [2.05, 4.69) is 33.3 Å². The molecule has 5 rings (SSSR count). The molecule has 2 atom stereocenters. The molecule has 1 N–H and O–H groups in total. The van der Waals surface area contributed by atoms with Gasteiger partial charge in [0.05, 0.1) is 16.9 Å². The minimum Gasteiger partial charge on any atom is -0.368 e. The first-order chi connectivity index (χ1) is 16.1. The van der Waals surface area contributed by atoms with E-state index in [0.29, 0.717) is 13.0 Å². The zero-order chi connectivity index (χ0) is 22.8. The van der Waals surface area contributed by atoms with Crippen LogP contribution in [0.25, 0.3) is 0 Å². The van der Waals surface area contributed by atoms with Gasteiger partial charge in [0.1, 0.15) is 0 Å². The van der Waals surface area contributed by atoms with Crippen LogP contribution in [0.4, 0.5) is 17.1 Å². The highest BCUT2D eigenvalue weighted by Crippen LogP contribution is 2.38. The monoisotopic (exact) mass is 462 g/mol. The highest BCUT2D eigenvalue weighted by molar-refractivity contribution is 7.09. The first-order valence-electron chi connectivity index (χ1n) is 11.2. The molecule has 3 heterocycles. The summed E-state index contributed by atoms with van der Waals surface area (Å²) in [5.74, 6) is -0.247. The summed E-state index contributed by atoms with van der Waals surface area (Å²) in [6.45, 7) is 2.93. The second-order valence-electron chi connectivity index (χ2n) is 8.54. The van der Waals surface area contributed by atoms with Gasteiger partial charge in [-0.15, -0.1) is 11.3 Å². The molecule has 0 radical (unpaired) electrons. The number of hydrogen-bond donors (Lipinski definition) is 1. The second-order valence-corrected chi connectivity index (χ2v) is 9.58. The van der Waals surface area contributed by atoms with E-state index in [1.54, 1.807) is 23.5 Å². The third-order valence-corrected chi connectivity index (χ3v) is 7.55. The third-order valence-electron chi connectivity index (χ3n) is 6.62. The molecule has 2 aliphatic heterocycles. The van der Waals surface area contributed by atoms with Crippen LogP contribution in [0.2, 0.25) is 0 Å². The van der Waals surface area contributed by atoms with Crippen LogP contribution in [-0.2, 0) is 17.6 Å². The maximum Gasteiger partial charge on any atom is 0.269 e. The number of thiophene rings is 1. The van der Waals surface area contributed by atoms with Crippen molar-refractivity contribution in [3.8, 4) is 0 Å². The molecular weight excluding hydrogens is 436 g/mol. The first-order valence-corrected chi connectivity index (χ1v) is 12.1. The number of nitrogens with zero attached hydrogens (tertiary/aromatic N) is 3. The van der Waals surface area contributed by atoms with Gasteiger partial charge in [0.15, 0.2) is 0 Å². The highest BCUT2D eigenvalue weighted by Gasteiger charge is 2.42. The molecule has 1 fully saturated rings.